The first-order chi connectivity index (χ1) is 12.4. The minimum absolute atomic E-state index is 0.249. The fourth-order valence-corrected chi connectivity index (χ4v) is 2.35. The maximum Gasteiger partial charge on any atom is 0.337 e. The van der Waals surface area contributed by atoms with Crippen molar-refractivity contribution in [1.82, 2.24) is 4.98 Å². The quantitative estimate of drug-likeness (QED) is 0.708. The fraction of sp³-hybridized carbons (Fsp3) is 0.316. The normalized spacial score (nSPS) is 10.5. The number of hydrogen-bond acceptors (Lipinski definition) is 5. The zero-order valence-corrected chi connectivity index (χ0v) is 15.8. The number of methoxy groups -OCH3 is 1. The Morgan fingerprint density at radius 1 is 1.23 bits per heavy atom. The van der Waals surface area contributed by atoms with Crippen molar-refractivity contribution in [2.24, 2.45) is 5.92 Å². The van der Waals surface area contributed by atoms with E-state index >= 15 is 0 Å². The Morgan fingerprint density at radius 2 is 2.00 bits per heavy atom. The number of halogens is 1. The molecule has 2 rings (SSSR count). The summed E-state index contributed by atoms with van der Waals surface area (Å²) in [4.78, 5) is 28.1. The summed E-state index contributed by atoms with van der Waals surface area (Å²) in [6.45, 7) is 5.17. The minimum Gasteiger partial charge on any atom is -0.465 e. The average molecular weight is 376 g/mol. The molecule has 0 saturated carbocycles. The van der Waals surface area contributed by atoms with Crippen LogP contribution in [0, 0.1) is 5.92 Å². The van der Waals surface area contributed by atoms with E-state index in [1.807, 2.05) is 0 Å². The summed E-state index contributed by atoms with van der Waals surface area (Å²) in [7, 11) is 1.29. The topological polar surface area (TPSA) is 80.3 Å². The molecule has 1 heterocycles. The van der Waals surface area contributed by atoms with Gasteiger partial charge in [-0.05, 0) is 42.7 Å². The van der Waals surface area contributed by atoms with E-state index in [2.05, 4.69) is 34.2 Å². The first kappa shape index (κ1) is 19.7. The highest BCUT2D eigenvalue weighted by molar-refractivity contribution is 6.34. The lowest BCUT2D eigenvalue weighted by Crippen LogP contribution is -2.15. The van der Waals surface area contributed by atoms with Crippen LogP contribution >= 0.6 is 11.6 Å². The number of anilines is 2. The highest BCUT2D eigenvalue weighted by Crippen LogP contribution is 2.24. The van der Waals surface area contributed by atoms with E-state index in [0.717, 1.165) is 18.7 Å². The van der Waals surface area contributed by atoms with Gasteiger partial charge in [0.05, 0.1) is 35.3 Å². The number of amides is 1. The molecule has 0 bridgehead atoms. The second kappa shape index (κ2) is 9.20. The predicted molar refractivity (Wildman–Crippen MR) is 103 cm³/mol. The van der Waals surface area contributed by atoms with Gasteiger partial charge < -0.3 is 15.4 Å². The summed E-state index contributed by atoms with van der Waals surface area (Å²) in [5, 5.41) is 6.24. The summed E-state index contributed by atoms with van der Waals surface area (Å²) in [5.74, 6) is -0.305. The van der Waals surface area contributed by atoms with Crippen LogP contribution in [0.4, 0.5) is 11.4 Å². The number of benzene rings is 1. The van der Waals surface area contributed by atoms with Crippen LogP contribution in [0.3, 0.4) is 0 Å². The van der Waals surface area contributed by atoms with E-state index in [1.54, 1.807) is 18.3 Å². The van der Waals surface area contributed by atoms with Crippen LogP contribution in [0.15, 0.2) is 36.5 Å². The van der Waals surface area contributed by atoms with E-state index < -0.39 is 11.9 Å². The Balaban J connectivity index is 2.04. The molecule has 0 unspecified atom stereocenters. The number of nitrogens with one attached hydrogen (secondary N) is 2. The van der Waals surface area contributed by atoms with Crippen LogP contribution in [0.25, 0.3) is 0 Å². The second-order valence-electron chi connectivity index (χ2n) is 6.18. The lowest BCUT2D eigenvalue weighted by Gasteiger charge is -2.10. The molecule has 26 heavy (non-hydrogen) atoms. The number of carbonyl (C=O) groups excluding carboxylic acids is 2. The third-order valence-corrected chi connectivity index (χ3v) is 4.01. The number of carbonyl (C=O) groups is 2. The third-order valence-electron chi connectivity index (χ3n) is 3.68. The van der Waals surface area contributed by atoms with Gasteiger partial charge in [0.15, 0.2) is 0 Å². The molecule has 2 aromatic rings. The lowest BCUT2D eigenvalue weighted by atomic mass is 10.1. The van der Waals surface area contributed by atoms with Crippen LogP contribution in [-0.2, 0) is 4.74 Å². The maximum absolute atomic E-state index is 12.4. The number of nitrogens with zero attached hydrogens (tertiary/aromatic N) is 1. The molecule has 1 aromatic heterocycles. The van der Waals surface area contributed by atoms with Gasteiger partial charge >= 0.3 is 5.97 Å². The number of pyridine rings is 1. The van der Waals surface area contributed by atoms with Crippen LogP contribution in [-0.4, -0.2) is 30.5 Å². The summed E-state index contributed by atoms with van der Waals surface area (Å²) in [6.07, 6.45) is 2.67. The number of esters is 1. The number of ether oxygens (including phenoxy) is 1. The van der Waals surface area contributed by atoms with E-state index in [-0.39, 0.29) is 5.69 Å². The lowest BCUT2D eigenvalue weighted by molar-refractivity contribution is 0.0600. The monoisotopic (exact) mass is 375 g/mol. The molecule has 0 aliphatic carbocycles. The van der Waals surface area contributed by atoms with Crippen molar-refractivity contribution in [2.45, 2.75) is 20.3 Å². The summed E-state index contributed by atoms with van der Waals surface area (Å²) in [6, 6.07) is 7.95. The molecule has 0 atom stereocenters. The molecule has 2 N–H and O–H groups in total. The largest absolute Gasteiger partial charge is 0.465 e. The third kappa shape index (κ3) is 5.46. The molecular weight excluding hydrogens is 354 g/mol. The molecule has 0 radical (unpaired) electrons. The fourth-order valence-electron chi connectivity index (χ4n) is 2.19. The zero-order valence-electron chi connectivity index (χ0n) is 15.0. The molecule has 0 spiro atoms. The van der Waals surface area contributed by atoms with Crippen LogP contribution in [0.1, 0.15) is 41.1 Å². The standard InChI is InChI=1S/C19H22ClN3O3/c1-12(2)8-9-21-14-5-7-16(22-11-14)18(24)23-17-10-13(19(25)26-3)4-6-15(17)20/h4-7,10-12,21H,8-9H2,1-3H3,(H,23,24). The molecule has 1 amide bonds. The van der Waals surface area contributed by atoms with Crippen LogP contribution < -0.4 is 10.6 Å². The van der Waals surface area contributed by atoms with E-state index in [4.69, 9.17) is 11.6 Å². The van der Waals surface area contributed by atoms with Crippen molar-refractivity contribution >= 4 is 34.9 Å². The Bertz CT molecular complexity index is 776. The van der Waals surface area contributed by atoms with Crippen LogP contribution in [0.5, 0.6) is 0 Å². The molecule has 138 valence electrons. The molecule has 1 aromatic carbocycles. The van der Waals surface area contributed by atoms with Crippen molar-refractivity contribution in [2.75, 3.05) is 24.3 Å². The molecule has 7 heteroatoms. The highest BCUT2D eigenvalue weighted by Gasteiger charge is 2.13. The van der Waals surface area contributed by atoms with Crippen molar-refractivity contribution in [3.63, 3.8) is 0 Å². The molecular formula is C19H22ClN3O3. The van der Waals surface area contributed by atoms with Gasteiger partial charge in [0.1, 0.15) is 5.69 Å². The zero-order chi connectivity index (χ0) is 19.1. The molecule has 0 aliphatic heterocycles. The van der Waals surface area contributed by atoms with Crippen molar-refractivity contribution in [3.05, 3.63) is 52.8 Å². The SMILES string of the molecule is COC(=O)c1ccc(Cl)c(NC(=O)c2ccc(NCCC(C)C)cn2)c1. The predicted octanol–water partition coefficient (Wildman–Crippen LogP) is 4.23. The molecule has 0 saturated heterocycles. The van der Waals surface area contributed by atoms with Gasteiger partial charge in [0, 0.05) is 6.54 Å². The van der Waals surface area contributed by atoms with Gasteiger partial charge in [-0.3, -0.25) is 4.79 Å². The Labute approximate surface area is 157 Å². The second-order valence-corrected chi connectivity index (χ2v) is 6.59. The average Bonchev–Trinajstić information content (AvgIpc) is 2.63. The highest BCUT2D eigenvalue weighted by atomic mass is 35.5. The van der Waals surface area contributed by atoms with Gasteiger partial charge in [0.2, 0.25) is 0 Å². The number of hydrogen-bond donors (Lipinski definition) is 2. The van der Waals surface area contributed by atoms with Crippen molar-refractivity contribution in [3.8, 4) is 0 Å². The van der Waals surface area contributed by atoms with E-state index in [9.17, 15) is 9.59 Å². The Kier molecular flexibility index (Phi) is 6.97. The number of rotatable bonds is 7. The maximum atomic E-state index is 12.4. The van der Waals surface area contributed by atoms with Gasteiger partial charge in [-0.2, -0.15) is 0 Å². The Hall–Kier alpha value is -2.60. The van der Waals surface area contributed by atoms with Crippen molar-refractivity contribution in [1.29, 1.82) is 0 Å². The van der Waals surface area contributed by atoms with Crippen molar-refractivity contribution < 1.29 is 14.3 Å². The molecule has 0 fully saturated rings. The van der Waals surface area contributed by atoms with E-state index in [0.29, 0.717) is 22.2 Å². The summed E-state index contributed by atoms with van der Waals surface area (Å²) >= 11 is 6.09. The summed E-state index contributed by atoms with van der Waals surface area (Å²) < 4.78 is 4.67. The van der Waals surface area contributed by atoms with Gasteiger partial charge in [-0.15, -0.1) is 0 Å². The first-order valence-electron chi connectivity index (χ1n) is 8.30. The van der Waals surface area contributed by atoms with E-state index in [1.165, 1.54) is 25.3 Å². The first-order valence-corrected chi connectivity index (χ1v) is 8.67. The molecule has 6 nitrogen and oxygen atoms in total. The van der Waals surface area contributed by atoms with Gasteiger partial charge in [-0.1, -0.05) is 25.4 Å². The molecule has 0 aliphatic rings. The summed E-state index contributed by atoms with van der Waals surface area (Å²) in [5.41, 5.74) is 1.72. The van der Waals surface area contributed by atoms with Gasteiger partial charge in [0.25, 0.3) is 5.91 Å². The van der Waals surface area contributed by atoms with Crippen LogP contribution in [0.2, 0.25) is 5.02 Å². The van der Waals surface area contributed by atoms with Gasteiger partial charge in [-0.25, -0.2) is 9.78 Å². The minimum atomic E-state index is -0.507. The smallest absolute Gasteiger partial charge is 0.337 e. The Morgan fingerprint density at radius 3 is 2.62 bits per heavy atom. The number of aromatic nitrogens is 1.